The van der Waals surface area contributed by atoms with E-state index < -0.39 is 0 Å². The summed E-state index contributed by atoms with van der Waals surface area (Å²) in [7, 11) is 0. The van der Waals surface area contributed by atoms with E-state index in [1.807, 2.05) is 37.3 Å². The Morgan fingerprint density at radius 1 is 1.00 bits per heavy atom. The van der Waals surface area contributed by atoms with Crippen molar-refractivity contribution in [2.75, 3.05) is 6.61 Å². The first kappa shape index (κ1) is 18.4. The summed E-state index contributed by atoms with van der Waals surface area (Å²) in [5.41, 5.74) is 6.28. The van der Waals surface area contributed by atoms with Crippen molar-refractivity contribution in [1.82, 2.24) is 16.2 Å². The van der Waals surface area contributed by atoms with Crippen LogP contribution in [0.15, 0.2) is 54.6 Å². The Labute approximate surface area is 151 Å². The van der Waals surface area contributed by atoms with Gasteiger partial charge >= 0.3 is 0 Å². The van der Waals surface area contributed by atoms with E-state index in [1.54, 1.807) is 24.3 Å². The molecule has 0 saturated carbocycles. The number of hydrogen-bond acceptors (Lipinski definition) is 4. The molecule has 0 fully saturated rings. The predicted octanol–water partition coefficient (Wildman–Crippen LogP) is 1.96. The number of nitrogens with one attached hydrogen (secondary N) is 3. The lowest BCUT2D eigenvalue weighted by Crippen LogP contribution is -2.48. The molecule has 0 aliphatic heterocycles. The number of hydrazine groups is 1. The normalized spacial score (nSPS) is 9.80. The minimum Gasteiger partial charge on any atom is -0.494 e. The van der Waals surface area contributed by atoms with E-state index in [1.165, 1.54) is 0 Å². The molecule has 0 aliphatic rings. The fourth-order valence-corrected chi connectivity index (χ4v) is 2.17. The molecule has 2 aromatic rings. The van der Waals surface area contributed by atoms with Gasteiger partial charge in [0.25, 0.3) is 5.91 Å². The van der Waals surface area contributed by atoms with E-state index in [0.29, 0.717) is 12.2 Å². The Balaban J connectivity index is 1.75. The number of benzene rings is 2. The SMILES string of the molecule is CCOc1ccc(CC(=O)NNC(=S)NC(=O)c2ccccc2)cc1. The summed E-state index contributed by atoms with van der Waals surface area (Å²) in [6.45, 7) is 2.50. The van der Waals surface area contributed by atoms with Crippen LogP contribution in [0.2, 0.25) is 0 Å². The lowest BCUT2D eigenvalue weighted by Gasteiger charge is -2.11. The Morgan fingerprint density at radius 2 is 1.68 bits per heavy atom. The van der Waals surface area contributed by atoms with Crippen LogP contribution in [0.3, 0.4) is 0 Å². The lowest BCUT2D eigenvalue weighted by molar-refractivity contribution is -0.121. The van der Waals surface area contributed by atoms with Crippen LogP contribution < -0.4 is 20.9 Å². The highest BCUT2D eigenvalue weighted by atomic mass is 32.1. The molecule has 0 aliphatic carbocycles. The first-order valence-corrected chi connectivity index (χ1v) is 8.16. The molecule has 6 nitrogen and oxygen atoms in total. The molecule has 130 valence electrons. The van der Waals surface area contributed by atoms with Crippen molar-refractivity contribution in [3.05, 3.63) is 65.7 Å². The van der Waals surface area contributed by atoms with Crippen LogP contribution in [0.25, 0.3) is 0 Å². The summed E-state index contributed by atoms with van der Waals surface area (Å²) < 4.78 is 5.35. The predicted molar refractivity (Wildman–Crippen MR) is 99.1 cm³/mol. The molecule has 2 aromatic carbocycles. The maximum Gasteiger partial charge on any atom is 0.257 e. The zero-order valence-electron chi connectivity index (χ0n) is 13.7. The van der Waals surface area contributed by atoms with Crippen LogP contribution in [0.4, 0.5) is 0 Å². The number of thiocarbonyl (C=S) groups is 1. The van der Waals surface area contributed by atoms with Gasteiger partial charge in [0, 0.05) is 5.56 Å². The second-order valence-corrected chi connectivity index (χ2v) is 5.48. The standard InChI is InChI=1S/C18H19N3O3S/c1-2-24-15-10-8-13(9-11-15)12-16(22)20-21-18(25)19-17(23)14-6-4-3-5-7-14/h3-11H,2,12H2,1H3,(H,20,22)(H2,19,21,23,25). The lowest BCUT2D eigenvalue weighted by atomic mass is 10.1. The van der Waals surface area contributed by atoms with E-state index in [9.17, 15) is 9.59 Å². The van der Waals surface area contributed by atoms with Crippen molar-refractivity contribution < 1.29 is 14.3 Å². The van der Waals surface area contributed by atoms with Gasteiger partial charge in [-0.15, -0.1) is 0 Å². The van der Waals surface area contributed by atoms with Gasteiger partial charge in [-0.05, 0) is 49.0 Å². The van der Waals surface area contributed by atoms with E-state index in [-0.39, 0.29) is 23.3 Å². The van der Waals surface area contributed by atoms with Gasteiger partial charge < -0.3 is 4.74 Å². The molecular formula is C18H19N3O3S. The summed E-state index contributed by atoms with van der Waals surface area (Å²) in [6.07, 6.45) is 0.175. The van der Waals surface area contributed by atoms with E-state index >= 15 is 0 Å². The third-order valence-electron chi connectivity index (χ3n) is 3.18. The van der Waals surface area contributed by atoms with Gasteiger partial charge in [0.2, 0.25) is 5.91 Å². The van der Waals surface area contributed by atoms with Crippen LogP contribution in [0, 0.1) is 0 Å². The number of hydrogen-bond donors (Lipinski definition) is 3. The molecule has 25 heavy (non-hydrogen) atoms. The minimum atomic E-state index is -0.348. The van der Waals surface area contributed by atoms with Crippen molar-refractivity contribution in [3.63, 3.8) is 0 Å². The summed E-state index contributed by atoms with van der Waals surface area (Å²) in [4.78, 5) is 23.8. The Hall–Kier alpha value is -2.93. The van der Waals surface area contributed by atoms with Gasteiger partial charge in [-0.3, -0.25) is 25.8 Å². The van der Waals surface area contributed by atoms with Gasteiger partial charge in [0.15, 0.2) is 5.11 Å². The largest absolute Gasteiger partial charge is 0.494 e. The Bertz CT molecular complexity index is 733. The Kier molecular flexibility index (Phi) is 6.91. The molecule has 0 radical (unpaired) electrons. The van der Waals surface area contributed by atoms with Gasteiger partial charge in [0.1, 0.15) is 5.75 Å². The number of carbonyl (C=O) groups is 2. The average Bonchev–Trinajstić information content (AvgIpc) is 2.62. The van der Waals surface area contributed by atoms with E-state index in [0.717, 1.165) is 11.3 Å². The number of ether oxygens (including phenoxy) is 1. The topological polar surface area (TPSA) is 79.5 Å². The average molecular weight is 357 g/mol. The summed E-state index contributed by atoms with van der Waals surface area (Å²) >= 11 is 4.99. The van der Waals surface area contributed by atoms with Crippen molar-refractivity contribution >= 4 is 29.1 Å². The molecule has 0 bridgehead atoms. The highest BCUT2D eigenvalue weighted by molar-refractivity contribution is 7.80. The fourth-order valence-electron chi connectivity index (χ4n) is 2.02. The molecule has 7 heteroatoms. The summed E-state index contributed by atoms with van der Waals surface area (Å²) in [6, 6.07) is 15.9. The zero-order valence-corrected chi connectivity index (χ0v) is 14.6. The second kappa shape index (κ2) is 9.39. The molecule has 3 N–H and O–H groups in total. The van der Waals surface area contributed by atoms with Gasteiger partial charge in [0.05, 0.1) is 13.0 Å². The maximum atomic E-state index is 11.9. The number of rotatable bonds is 5. The van der Waals surface area contributed by atoms with Crippen molar-refractivity contribution in [2.45, 2.75) is 13.3 Å². The highest BCUT2D eigenvalue weighted by Gasteiger charge is 2.08. The van der Waals surface area contributed by atoms with Crippen LogP contribution >= 0.6 is 12.2 Å². The molecule has 0 unspecified atom stereocenters. The third-order valence-corrected chi connectivity index (χ3v) is 3.38. The molecule has 0 saturated heterocycles. The molecule has 2 amide bonds. The van der Waals surface area contributed by atoms with Crippen LogP contribution in [-0.4, -0.2) is 23.5 Å². The molecule has 0 spiro atoms. The summed E-state index contributed by atoms with van der Waals surface area (Å²) in [5.74, 6) is 0.133. The van der Waals surface area contributed by atoms with Crippen molar-refractivity contribution in [2.24, 2.45) is 0 Å². The van der Waals surface area contributed by atoms with E-state index in [2.05, 4.69) is 16.2 Å². The third kappa shape index (κ3) is 6.23. The molecule has 0 atom stereocenters. The van der Waals surface area contributed by atoms with Crippen LogP contribution in [-0.2, 0) is 11.2 Å². The Morgan fingerprint density at radius 3 is 2.32 bits per heavy atom. The highest BCUT2D eigenvalue weighted by Crippen LogP contribution is 2.12. The van der Waals surface area contributed by atoms with Crippen molar-refractivity contribution in [3.8, 4) is 5.75 Å². The second-order valence-electron chi connectivity index (χ2n) is 5.08. The van der Waals surface area contributed by atoms with Crippen LogP contribution in [0.1, 0.15) is 22.8 Å². The smallest absolute Gasteiger partial charge is 0.257 e. The number of carbonyl (C=O) groups excluding carboxylic acids is 2. The van der Waals surface area contributed by atoms with Crippen LogP contribution in [0.5, 0.6) is 5.75 Å². The molecule has 2 rings (SSSR count). The van der Waals surface area contributed by atoms with Crippen molar-refractivity contribution in [1.29, 1.82) is 0 Å². The summed E-state index contributed by atoms with van der Waals surface area (Å²) in [5, 5.41) is 2.51. The van der Waals surface area contributed by atoms with Gasteiger partial charge in [-0.25, -0.2) is 0 Å². The molecular weight excluding hydrogens is 338 g/mol. The number of amides is 2. The monoisotopic (exact) mass is 357 g/mol. The van der Waals surface area contributed by atoms with E-state index in [4.69, 9.17) is 17.0 Å². The molecule has 0 heterocycles. The van der Waals surface area contributed by atoms with Gasteiger partial charge in [-0.2, -0.15) is 0 Å². The quantitative estimate of drug-likeness (QED) is 0.563. The maximum absolute atomic E-state index is 11.9. The molecule has 0 aromatic heterocycles. The van der Waals surface area contributed by atoms with Gasteiger partial charge in [-0.1, -0.05) is 30.3 Å². The first-order chi connectivity index (χ1) is 12.1. The first-order valence-electron chi connectivity index (χ1n) is 7.75. The fraction of sp³-hybridized carbons (Fsp3) is 0.167. The zero-order chi connectivity index (χ0) is 18.1. The minimum absolute atomic E-state index is 0.0221.